The molecule has 2 unspecified atom stereocenters. The number of primary amides is 1. The summed E-state index contributed by atoms with van der Waals surface area (Å²) >= 11 is 0. The standard InChI is InChI=1S/C44H60F2N6O10/c1-6-8-35-61-34-19-27-28-18-30(45)29-17-26(53)14-15-41(29,4)43(28,46)32(54)20-42(27,5)44(34,62-35)33(55)21-50-40(59)60-22-24-10-12-25(13-11-24)51-37(56)31(9-7-16-49-39(48)58)52-38(57)36(47)23(2)3/h10-15,17,23,27-28,30-32,34-36,54H,6-9,16,18-22,47H2,1-5H3,(H,50,59)(H,51,56)(H,52,57)(H3,48,49,58)/t27?,28-,30-,31-,32-,34+,35?,36-,41-,42-,43-,44+/m0/s1. The van der Waals surface area contributed by atoms with Crippen LogP contribution in [0.2, 0.25) is 0 Å². The van der Waals surface area contributed by atoms with Crippen LogP contribution in [0.25, 0.3) is 0 Å². The predicted octanol–water partition coefficient (Wildman–Crippen LogP) is 3.55. The molecule has 0 aromatic heterocycles. The Morgan fingerprint density at radius 3 is 2.42 bits per heavy atom. The van der Waals surface area contributed by atoms with E-state index < -0.39 is 113 Å². The lowest BCUT2D eigenvalue weighted by molar-refractivity contribution is -0.233. The summed E-state index contributed by atoms with van der Waals surface area (Å²) in [6.07, 6.45) is -0.844. The number of nitrogens with two attached hydrogens (primary N) is 2. The molecule has 3 saturated carbocycles. The summed E-state index contributed by atoms with van der Waals surface area (Å²) in [6, 6.07) is 3.87. The highest BCUT2D eigenvalue weighted by atomic mass is 19.1. The van der Waals surface area contributed by atoms with E-state index in [2.05, 4.69) is 21.3 Å². The van der Waals surface area contributed by atoms with Gasteiger partial charge in [0, 0.05) is 29.0 Å². The predicted molar refractivity (Wildman–Crippen MR) is 221 cm³/mol. The number of hydrogen-bond donors (Lipinski definition) is 7. The van der Waals surface area contributed by atoms with E-state index in [1.807, 2.05) is 6.92 Å². The monoisotopic (exact) mass is 870 g/mol. The summed E-state index contributed by atoms with van der Waals surface area (Å²) in [7, 11) is 0. The molecular formula is C44H60F2N6O10. The molecule has 9 N–H and O–H groups in total. The van der Waals surface area contributed by atoms with Gasteiger partial charge in [-0.25, -0.2) is 18.4 Å². The molecule has 16 nitrogen and oxygen atoms in total. The van der Waals surface area contributed by atoms with E-state index in [4.69, 9.17) is 25.7 Å². The third kappa shape index (κ3) is 8.38. The number of hydrogen-bond acceptors (Lipinski definition) is 11. The molecule has 4 fully saturated rings. The van der Waals surface area contributed by atoms with E-state index >= 15 is 8.78 Å². The van der Waals surface area contributed by atoms with Crippen molar-refractivity contribution in [2.45, 2.75) is 134 Å². The molecular weight excluding hydrogens is 811 g/mol. The van der Waals surface area contributed by atoms with Crippen molar-refractivity contribution in [2.24, 2.45) is 40.1 Å². The first-order valence-electron chi connectivity index (χ1n) is 21.4. The van der Waals surface area contributed by atoms with Crippen LogP contribution in [0.4, 0.5) is 24.1 Å². The van der Waals surface area contributed by atoms with Gasteiger partial charge in [-0.05, 0) is 92.7 Å². The molecule has 340 valence electrons. The second kappa shape index (κ2) is 18.1. The van der Waals surface area contributed by atoms with E-state index in [0.717, 1.165) is 6.08 Å². The van der Waals surface area contributed by atoms with Crippen molar-refractivity contribution >= 4 is 41.2 Å². The Balaban J connectivity index is 1.09. The Morgan fingerprint density at radius 2 is 1.76 bits per heavy atom. The van der Waals surface area contributed by atoms with Crippen molar-refractivity contribution in [3.63, 3.8) is 0 Å². The number of rotatable bonds is 16. The van der Waals surface area contributed by atoms with E-state index in [1.54, 1.807) is 45.0 Å². The Morgan fingerprint density at radius 1 is 1.05 bits per heavy atom. The number of ketones is 2. The number of allylic oxidation sites excluding steroid dienone is 4. The minimum Gasteiger partial charge on any atom is -0.445 e. The van der Waals surface area contributed by atoms with Gasteiger partial charge >= 0.3 is 12.1 Å². The Labute approximate surface area is 359 Å². The summed E-state index contributed by atoms with van der Waals surface area (Å²) in [4.78, 5) is 76.7. The van der Waals surface area contributed by atoms with Crippen LogP contribution in [0.15, 0.2) is 48.1 Å². The number of benzene rings is 1. The fourth-order valence-electron chi connectivity index (χ4n) is 10.6. The second-order valence-electron chi connectivity index (χ2n) is 18.1. The van der Waals surface area contributed by atoms with Crippen molar-refractivity contribution in [2.75, 3.05) is 18.4 Å². The molecule has 1 aliphatic heterocycles. The molecule has 62 heavy (non-hydrogen) atoms. The highest BCUT2D eigenvalue weighted by Crippen LogP contribution is 2.72. The molecule has 0 spiro atoms. The topological polar surface area (TPSA) is 250 Å². The maximum Gasteiger partial charge on any atom is 0.407 e. The second-order valence-corrected chi connectivity index (χ2v) is 18.1. The maximum atomic E-state index is 17.8. The normalized spacial score (nSPS) is 34.1. The number of alkyl halides is 2. The van der Waals surface area contributed by atoms with Crippen LogP contribution in [-0.2, 0) is 40.0 Å². The summed E-state index contributed by atoms with van der Waals surface area (Å²) in [5, 5.41) is 22.2. The third-order valence-electron chi connectivity index (χ3n) is 14.0. The molecule has 12 atom stereocenters. The van der Waals surface area contributed by atoms with Gasteiger partial charge in [-0.1, -0.05) is 52.3 Å². The summed E-state index contributed by atoms with van der Waals surface area (Å²) < 4.78 is 52.1. The van der Waals surface area contributed by atoms with Gasteiger partial charge in [0.05, 0.1) is 24.8 Å². The van der Waals surface area contributed by atoms with Crippen LogP contribution in [0.5, 0.6) is 0 Å². The molecule has 6 rings (SSSR count). The summed E-state index contributed by atoms with van der Waals surface area (Å²) in [6.45, 7) is 8.21. The zero-order valence-electron chi connectivity index (χ0n) is 35.8. The lowest BCUT2D eigenvalue weighted by atomic mass is 9.44. The quantitative estimate of drug-likeness (QED) is 0.118. The molecule has 5 aliphatic rings. The van der Waals surface area contributed by atoms with Gasteiger partial charge < -0.3 is 52.1 Å². The zero-order chi connectivity index (χ0) is 45.4. The highest BCUT2D eigenvalue weighted by molar-refractivity contribution is 6.01. The third-order valence-corrected chi connectivity index (χ3v) is 14.0. The van der Waals surface area contributed by atoms with Crippen LogP contribution < -0.4 is 32.7 Å². The van der Waals surface area contributed by atoms with Gasteiger partial charge in [0.2, 0.25) is 11.8 Å². The van der Waals surface area contributed by atoms with Crippen molar-refractivity contribution < 1.29 is 56.9 Å². The number of amides is 5. The number of fused-ring (bicyclic) bond motifs is 7. The van der Waals surface area contributed by atoms with E-state index in [1.165, 1.54) is 19.1 Å². The Hall–Kier alpha value is -4.78. The number of carbonyl (C=O) groups excluding carboxylic acids is 6. The molecule has 5 amide bonds. The number of alkyl carbamates (subject to hydrolysis) is 1. The average Bonchev–Trinajstić information content (AvgIpc) is 3.70. The van der Waals surface area contributed by atoms with Crippen LogP contribution in [0.1, 0.15) is 85.1 Å². The van der Waals surface area contributed by atoms with Crippen LogP contribution in [-0.4, -0.2) is 102 Å². The SMILES string of the molecule is CCCC1O[C@@H]2CC3[C@@H]4C[C@H](F)C5=CC(=O)C=C[C@]5(C)[C@@]4(F)[C@@H](O)C[C@]3(C)[C@]2(C(=O)CNC(=O)OCc2ccc(NC(=O)[C@H](CCCNC(N)=O)NC(=O)[C@@H](N)C(C)C)cc2)O1. The van der Waals surface area contributed by atoms with Crippen LogP contribution in [0, 0.1) is 28.6 Å². The molecule has 1 aromatic rings. The van der Waals surface area contributed by atoms with Crippen molar-refractivity contribution in [1.29, 1.82) is 0 Å². The van der Waals surface area contributed by atoms with Gasteiger partial charge in [-0.3, -0.25) is 19.2 Å². The van der Waals surface area contributed by atoms with Crippen molar-refractivity contribution in [1.82, 2.24) is 16.0 Å². The molecule has 0 bridgehead atoms. The van der Waals surface area contributed by atoms with Gasteiger partial charge in [-0.15, -0.1) is 0 Å². The van der Waals surface area contributed by atoms with Crippen LogP contribution in [0.3, 0.4) is 0 Å². The van der Waals surface area contributed by atoms with Crippen molar-refractivity contribution in [3.8, 4) is 0 Å². The molecule has 0 radical (unpaired) electrons. The van der Waals surface area contributed by atoms with E-state index in [9.17, 15) is 33.9 Å². The number of carbonyl (C=O) groups is 6. The smallest absolute Gasteiger partial charge is 0.407 e. The van der Waals surface area contributed by atoms with E-state index in [0.29, 0.717) is 30.5 Å². The minimum atomic E-state index is -2.35. The van der Waals surface area contributed by atoms with Gasteiger partial charge in [-0.2, -0.15) is 0 Å². The first kappa shape index (κ1) is 46.7. The van der Waals surface area contributed by atoms with E-state index in [-0.39, 0.29) is 50.3 Å². The molecule has 1 saturated heterocycles. The fraction of sp³-hybridized carbons (Fsp3) is 0.636. The average molecular weight is 871 g/mol. The number of aliphatic hydroxyl groups excluding tert-OH is 1. The Kier molecular flexibility index (Phi) is 13.7. The Bertz CT molecular complexity index is 1980. The van der Waals surface area contributed by atoms with Gasteiger partial charge in [0.15, 0.2) is 29.1 Å². The first-order valence-corrected chi connectivity index (χ1v) is 21.4. The first-order chi connectivity index (χ1) is 29.2. The number of nitrogens with one attached hydrogen (secondary N) is 4. The number of ether oxygens (including phenoxy) is 3. The summed E-state index contributed by atoms with van der Waals surface area (Å²) in [5.41, 5.74) is 5.16. The largest absolute Gasteiger partial charge is 0.445 e. The van der Waals surface area contributed by atoms with Crippen molar-refractivity contribution in [3.05, 3.63) is 53.6 Å². The number of urea groups is 1. The lowest BCUT2D eigenvalue weighted by Crippen LogP contribution is -2.71. The highest BCUT2D eigenvalue weighted by Gasteiger charge is 2.80. The maximum absolute atomic E-state index is 17.8. The van der Waals surface area contributed by atoms with Gasteiger partial charge in [0.25, 0.3) is 0 Å². The number of halogens is 2. The molecule has 1 heterocycles. The lowest BCUT2D eigenvalue weighted by Gasteiger charge is -2.63. The molecule has 4 aliphatic carbocycles. The number of aliphatic hydroxyl groups is 1. The summed E-state index contributed by atoms with van der Waals surface area (Å²) in [5.74, 6) is -3.89. The minimum absolute atomic E-state index is 0.000708. The number of Topliss-reactive ketones (excluding diaryl/α,β-unsaturated/α-hetero) is 1. The molecule has 1 aromatic carbocycles. The fourth-order valence-corrected chi connectivity index (χ4v) is 10.6. The van der Waals surface area contributed by atoms with Crippen LogP contribution >= 0.6 is 0 Å². The van der Waals surface area contributed by atoms with Gasteiger partial charge in [0.1, 0.15) is 18.8 Å². The molecule has 18 heteroatoms. The zero-order valence-corrected chi connectivity index (χ0v) is 35.8. The number of anilines is 1.